The molecule has 0 atom stereocenters. The van der Waals surface area contributed by atoms with Crippen LogP contribution in [0.15, 0.2) is 34.9 Å². The molecule has 18 heavy (non-hydrogen) atoms. The highest BCUT2D eigenvalue weighted by Gasteiger charge is 2.00. The molecule has 1 N–H and O–H groups in total. The Morgan fingerprint density at radius 3 is 2.83 bits per heavy atom. The highest BCUT2D eigenvalue weighted by atomic mass is 79.9. The molecule has 94 valence electrons. The van der Waals surface area contributed by atoms with Crippen molar-refractivity contribution in [2.45, 2.75) is 13.5 Å². The number of nitrogens with one attached hydrogen (secondary N) is 1. The van der Waals surface area contributed by atoms with Crippen molar-refractivity contribution >= 4 is 21.7 Å². The molecule has 1 aromatic heterocycles. The molecule has 0 fully saturated rings. The maximum Gasteiger partial charge on any atom is 0.131 e. The van der Waals surface area contributed by atoms with Gasteiger partial charge in [-0.2, -0.15) is 0 Å². The Hall–Kier alpha value is -1.62. The van der Waals surface area contributed by atoms with E-state index in [9.17, 15) is 0 Å². The molecule has 0 radical (unpaired) electrons. The average molecular weight is 308 g/mol. The van der Waals surface area contributed by atoms with Crippen LogP contribution in [0.1, 0.15) is 11.4 Å². The van der Waals surface area contributed by atoms with E-state index in [2.05, 4.69) is 31.2 Å². The highest BCUT2D eigenvalue weighted by Crippen LogP contribution is 2.15. The fraction of sp³-hybridized carbons (Fsp3) is 0.231. The van der Waals surface area contributed by atoms with Crippen LogP contribution in [0.5, 0.6) is 5.75 Å². The lowest BCUT2D eigenvalue weighted by atomic mass is 10.2. The van der Waals surface area contributed by atoms with Crippen molar-refractivity contribution in [3.63, 3.8) is 0 Å². The third kappa shape index (κ3) is 3.43. The summed E-state index contributed by atoms with van der Waals surface area (Å²) < 4.78 is 5.96. The Bertz CT molecular complexity index is 525. The second-order valence-electron chi connectivity index (χ2n) is 3.83. The molecule has 4 nitrogen and oxygen atoms in total. The van der Waals surface area contributed by atoms with Gasteiger partial charge in [0.2, 0.25) is 0 Å². The molecular weight excluding hydrogens is 294 g/mol. The van der Waals surface area contributed by atoms with E-state index in [0.29, 0.717) is 6.54 Å². The minimum atomic E-state index is 0.695. The van der Waals surface area contributed by atoms with E-state index in [4.69, 9.17) is 4.74 Å². The number of hydrogen-bond donors (Lipinski definition) is 1. The van der Waals surface area contributed by atoms with Gasteiger partial charge >= 0.3 is 0 Å². The maximum absolute atomic E-state index is 5.18. The highest BCUT2D eigenvalue weighted by molar-refractivity contribution is 9.10. The fourth-order valence-corrected chi connectivity index (χ4v) is 2.07. The van der Waals surface area contributed by atoms with Crippen molar-refractivity contribution < 1.29 is 4.74 Å². The van der Waals surface area contributed by atoms with Gasteiger partial charge in [0.25, 0.3) is 0 Å². The summed E-state index contributed by atoms with van der Waals surface area (Å²) >= 11 is 3.35. The zero-order valence-corrected chi connectivity index (χ0v) is 11.9. The first-order valence-electron chi connectivity index (χ1n) is 5.55. The second-order valence-corrected chi connectivity index (χ2v) is 4.64. The monoisotopic (exact) mass is 307 g/mol. The summed E-state index contributed by atoms with van der Waals surface area (Å²) in [5.41, 5.74) is 1.14. The Morgan fingerprint density at radius 2 is 2.11 bits per heavy atom. The van der Waals surface area contributed by atoms with Crippen LogP contribution in [0, 0.1) is 6.92 Å². The third-order valence-electron chi connectivity index (χ3n) is 2.41. The molecule has 1 aromatic carbocycles. The lowest BCUT2D eigenvalue weighted by Gasteiger charge is -2.08. The first-order chi connectivity index (χ1) is 8.67. The first kappa shape index (κ1) is 12.8. The van der Waals surface area contributed by atoms with Gasteiger partial charge in [0.05, 0.1) is 7.11 Å². The number of anilines is 1. The first-order valence-corrected chi connectivity index (χ1v) is 6.34. The van der Waals surface area contributed by atoms with Gasteiger partial charge in [-0.25, -0.2) is 9.97 Å². The van der Waals surface area contributed by atoms with E-state index in [1.165, 1.54) is 0 Å². The van der Waals surface area contributed by atoms with Crippen LogP contribution < -0.4 is 10.1 Å². The summed E-state index contributed by atoms with van der Waals surface area (Å²) in [5, 5.41) is 3.26. The Labute approximate surface area is 115 Å². The van der Waals surface area contributed by atoms with Crippen LogP contribution >= 0.6 is 15.9 Å². The minimum Gasteiger partial charge on any atom is -0.497 e. The molecule has 0 aliphatic rings. The van der Waals surface area contributed by atoms with E-state index in [1.54, 1.807) is 7.11 Å². The summed E-state index contributed by atoms with van der Waals surface area (Å²) in [5.74, 6) is 2.39. The summed E-state index contributed by atoms with van der Waals surface area (Å²) in [6.45, 7) is 2.56. The zero-order chi connectivity index (χ0) is 13.0. The Kier molecular flexibility index (Phi) is 4.15. The smallest absolute Gasteiger partial charge is 0.131 e. The Morgan fingerprint density at radius 1 is 1.28 bits per heavy atom. The van der Waals surface area contributed by atoms with Crippen LogP contribution in [-0.4, -0.2) is 17.1 Å². The molecule has 2 rings (SSSR count). The van der Waals surface area contributed by atoms with E-state index in [-0.39, 0.29) is 0 Å². The normalized spacial score (nSPS) is 10.2. The number of halogens is 1. The summed E-state index contributed by atoms with van der Waals surface area (Å²) in [4.78, 5) is 8.47. The zero-order valence-electron chi connectivity index (χ0n) is 10.3. The lowest BCUT2D eigenvalue weighted by molar-refractivity contribution is 0.414. The van der Waals surface area contributed by atoms with Gasteiger partial charge in [-0.1, -0.05) is 12.1 Å². The molecule has 0 spiro atoms. The largest absolute Gasteiger partial charge is 0.497 e. The molecule has 0 amide bonds. The van der Waals surface area contributed by atoms with Crippen molar-refractivity contribution in [1.29, 1.82) is 0 Å². The van der Waals surface area contributed by atoms with Gasteiger partial charge in [0, 0.05) is 12.6 Å². The molecular formula is C13H14BrN3O. The van der Waals surface area contributed by atoms with Crippen molar-refractivity contribution in [1.82, 2.24) is 9.97 Å². The Balaban J connectivity index is 2.06. The number of benzene rings is 1. The average Bonchev–Trinajstić information content (AvgIpc) is 2.35. The quantitative estimate of drug-likeness (QED) is 0.881. The van der Waals surface area contributed by atoms with Crippen molar-refractivity contribution in [2.75, 3.05) is 12.4 Å². The van der Waals surface area contributed by atoms with Gasteiger partial charge in [-0.15, -0.1) is 0 Å². The topological polar surface area (TPSA) is 47.0 Å². The predicted molar refractivity (Wildman–Crippen MR) is 74.8 cm³/mol. The molecule has 0 aliphatic heterocycles. The van der Waals surface area contributed by atoms with Crippen molar-refractivity contribution in [3.05, 3.63) is 46.3 Å². The molecule has 0 unspecified atom stereocenters. The summed E-state index contributed by atoms with van der Waals surface area (Å²) in [6.07, 6.45) is 0. The summed E-state index contributed by atoms with van der Waals surface area (Å²) in [7, 11) is 1.66. The lowest BCUT2D eigenvalue weighted by Crippen LogP contribution is -2.03. The van der Waals surface area contributed by atoms with Gasteiger partial charge < -0.3 is 10.1 Å². The van der Waals surface area contributed by atoms with Crippen LogP contribution in [0.25, 0.3) is 0 Å². The van der Waals surface area contributed by atoms with Crippen LogP contribution in [0.3, 0.4) is 0 Å². The van der Waals surface area contributed by atoms with Crippen LogP contribution in [-0.2, 0) is 6.54 Å². The number of hydrogen-bond acceptors (Lipinski definition) is 4. The van der Waals surface area contributed by atoms with Gasteiger partial charge in [-0.05, 0) is 40.5 Å². The molecule has 0 aliphatic carbocycles. The van der Waals surface area contributed by atoms with E-state index in [0.717, 1.165) is 27.6 Å². The van der Waals surface area contributed by atoms with Crippen LogP contribution in [0.2, 0.25) is 0 Å². The summed E-state index contributed by atoms with van der Waals surface area (Å²) in [6, 6.07) is 9.79. The number of ether oxygens (including phenoxy) is 1. The van der Waals surface area contributed by atoms with Crippen LogP contribution in [0.4, 0.5) is 5.82 Å². The molecule has 1 heterocycles. The van der Waals surface area contributed by atoms with E-state index >= 15 is 0 Å². The molecule has 2 aromatic rings. The molecule has 0 saturated heterocycles. The third-order valence-corrected chi connectivity index (χ3v) is 2.82. The van der Waals surface area contributed by atoms with Gasteiger partial charge in [0.1, 0.15) is 22.0 Å². The van der Waals surface area contributed by atoms with Crippen molar-refractivity contribution in [3.8, 4) is 5.75 Å². The number of rotatable bonds is 4. The number of nitrogens with zero attached hydrogens (tertiary/aromatic N) is 2. The van der Waals surface area contributed by atoms with Gasteiger partial charge in [0.15, 0.2) is 0 Å². The van der Waals surface area contributed by atoms with E-state index in [1.807, 2.05) is 37.3 Å². The molecule has 5 heteroatoms. The number of aromatic nitrogens is 2. The fourth-order valence-electron chi connectivity index (χ4n) is 1.60. The molecule has 0 bridgehead atoms. The van der Waals surface area contributed by atoms with Gasteiger partial charge in [-0.3, -0.25) is 0 Å². The molecule has 0 saturated carbocycles. The second kappa shape index (κ2) is 5.82. The standard InChI is InChI=1S/C13H14BrN3O/c1-9-16-12(14)7-13(17-9)15-8-10-4-3-5-11(6-10)18-2/h3-7H,8H2,1-2H3,(H,15,16,17). The van der Waals surface area contributed by atoms with Crippen molar-refractivity contribution in [2.24, 2.45) is 0 Å². The number of aryl methyl sites for hydroxylation is 1. The SMILES string of the molecule is COc1cccc(CNc2cc(Br)nc(C)n2)c1. The predicted octanol–water partition coefficient (Wildman–Crippen LogP) is 3.17. The maximum atomic E-state index is 5.18. The minimum absolute atomic E-state index is 0.695. The number of methoxy groups -OCH3 is 1. The van der Waals surface area contributed by atoms with E-state index < -0.39 is 0 Å².